The molecular weight excluding hydrogens is 873 g/mol. The molecule has 364 valence electrons. The number of anilines is 3. The number of hydrogen-bond donors (Lipinski definition) is 5. The SMILES string of the molecule is CN1CC(=O)N([C@@H](CCCCN)C(=O)N2CCN(c3nc(NCCCC[C@@H]4SC[C@@H]5NC(=O)N[C@@H]54)nc(N4CCN(C(=O)[C@H](CCCCN)N5CC(=O)N(C)CC5=O)CC4)n3)CC2)CC1=O. The van der Waals surface area contributed by atoms with Crippen molar-refractivity contribution >= 4 is 71.1 Å². The monoisotopic (exact) mass is 941 g/mol. The normalized spacial score (nSPS) is 23.6. The fraction of sp³-hybridized carbons (Fsp3) is 0.762. The minimum atomic E-state index is -0.758. The first-order valence-electron chi connectivity index (χ1n) is 23.6. The minimum Gasteiger partial charge on any atom is -0.354 e. The zero-order chi connectivity index (χ0) is 46.9. The van der Waals surface area contributed by atoms with Crippen molar-refractivity contribution in [2.45, 2.75) is 87.2 Å². The van der Waals surface area contributed by atoms with Crippen LogP contribution in [0.1, 0.15) is 57.8 Å². The second kappa shape index (κ2) is 22.5. The van der Waals surface area contributed by atoms with E-state index in [0.717, 1.165) is 25.0 Å². The van der Waals surface area contributed by atoms with Crippen molar-refractivity contribution in [2.75, 3.05) is 133 Å². The number of amides is 8. The summed E-state index contributed by atoms with van der Waals surface area (Å²) in [6.45, 7) is 4.27. The number of thioether (sulfide) groups is 1. The Hall–Kier alpha value is -5.23. The average Bonchev–Trinajstić information content (AvgIpc) is 3.88. The molecule has 0 aromatic carbocycles. The molecule has 1 aromatic rings. The summed E-state index contributed by atoms with van der Waals surface area (Å²) in [5.41, 5.74) is 11.5. The van der Waals surface area contributed by atoms with E-state index >= 15 is 0 Å². The Bertz CT molecular complexity index is 1830. The molecular formula is C42H68N16O7S. The van der Waals surface area contributed by atoms with E-state index in [1.807, 2.05) is 21.6 Å². The number of rotatable bonds is 20. The zero-order valence-electron chi connectivity index (χ0n) is 38.4. The van der Waals surface area contributed by atoms with Crippen LogP contribution in [-0.2, 0) is 28.8 Å². The molecule has 0 radical (unpaired) electrons. The van der Waals surface area contributed by atoms with Crippen molar-refractivity contribution in [3.8, 4) is 0 Å². The molecule has 0 aliphatic carbocycles. The smallest absolute Gasteiger partial charge is 0.315 e. The molecule has 5 atom stereocenters. The second-order valence-corrected chi connectivity index (χ2v) is 19.3. The Balaban J connectivity index is 1.02. The standard InChI is InChI=1S/C42H68N16O7S/c1-51-23-34(61)57(25-32(51)59)29(9-3-6-12-43)37(63)53-15-19-55(20-16-53)40-48-39(45-14-8-5-11-31-36-28(27-66-31)46-42(65)47-36)49-41(50-40)56-21-17-54(18-22-56)38(64)30(10-4-7-13-44)58-26-33(60)52(2)24-35(58)62/h28-31,36H,3-27,43-44H2,1-2H3,(H2,46,47,65)(H,45,48,49,50)/t28-,29-,30-,31-,36-/m0/s1. The van der Waals surface area contributed by atoms with Gasteiger partial charge in [0.2, 0.25) is 53.3 Å². The number of unbranched alkanes of at least 4 members (excludes halogenated alkanes) is 3. The predicted molar refractivity (Wildman–Crippen MR) is 247 cm³/mol. The highest BCUT2D eigenvalue weighted by Crippen LogP contribution is 2.33. The predicted octanol–water partition coefficient (Wildman–Crippen LogP) is -2.49. The van der Waals surface area contributed by atoms with Gasteiger partial charge in [-0.05, 0) is 64.5 Å². The van der Waals surface area contributed by atoms with Crippen LogP contribution in [0.3, 0.4) is 0 Å². The number of nitrogens with two attached hydrogens (primary N) is 2. The van der Waals surface area contributed by atoms with Gasteiger partial charge in [0.1, 0.15) is 25.2 Å². The van der Waals surface area contributed by atoms with Crippen LogP contribution in [-0.4, -0.2) is 233 Å². The van der Waals surface area contributed by atoms with Gasteiger partial charge in [-0.2, -0.15) is 26.7 Å². The lowest BCUT2D eigenvalue weighted by Gasteiger charge is -2.41. The van der Waals surface area contributed by atoms with Crippen LogP contribution < -0.4 is 37.2 Å². The Morgan fingerprint density at radius 3 is 1.64 bits per heavy atom. The molecule has 6 saturated heterocycles. The highest BCUT2D eigenvalue weighted by Gasteiger charge is 2.43. The molecule has 6 fully saturated rings. The van der Waals surface area contributed by atoms with Crippen LogP contribution in [0.25, 0.3) is 0 Å². The van der Waals surface area contributed by atoms with E-state index < -0.39 is 12.1 Å². The van der Waals surface area contributed by atoms with E-state index in [2.05, 4.69) is 16.0 Å². The number of carbonyl (C=O) groups is 7. The van der Waals surface area contributed by atoms with Gasteiger partial charge in [0, 0.05) is 84.0 Å². The van der Waals surface area contributed by atoms with Crippen molar-refractivity contribution in [2.24, 2.45) is 11.5 Å². The van der Waals surface area contributed by atoms with Crippen molar-refractivity contribution in [1.29, 1.82) is 0 Å². The number of urea groups is 1. The molecule has 23 nitrogen and oxygen atoms in total. The van der Waals surface area contributed by atoms with Gasteiger partial charge in [0.25, 0.3) is 0 Å². The quantitative estimate of drug-likeness (QED) is 0.0669. The molecule has 0 unspecified atom stereocenters. The molecule has 7 rings (SSSR count). The largest absolute Gasteiger partial charge is 0.354 e. The molecule has 0 bridgehead atoms. The highest BCUT2D eigenvalue weighted by molar-refractivity contribution is 8.00. The molecule has 7 heterocycles. The fourth-order valence-electron chi connectivity index (χ4n) is 9.53. The molecule has 66 heavy (non-hydrogen) atoms. The van der Waals surface area contributed by atoms with Crippen LogP contribution >= 0.6 is 11.8 Å². The Labute approximate surface area is 390 Å². The molecule has 1 aromatic heterocycles. The van der Waals surface area contributed by atoms with Gasteiger partial charge >= 0.3 is 6.03 Å². The third kappa shape index (κ3) is 11.6. The molecule has 0 saturated carbocycles. The molecule has 6 aliphatic heterocycles. The molecule has 0 spiro atoms. The van der Waals surface area contributed by atoms with Crippen molar-refractivity contribution in [1.82, 2.24) is 55.0 Å². The lowest BCUT2D eigenvalue weighted by molar-refractivity contribution is -0.156. The van der Waals surface area contributed by atoms with E-state index in [1.54, 1.807) is 23.9 Å². The maximum absolute atomic E-state index is 14.1. The van der Waals surface area contributed by atoms with Crippen molar-refractivity contribution in [3.05, 3.63) is 0 Å². The summed E-state index contributed by atoms with van der Waals surface area (Å²) >= 11 is 1.89. The van der Waals surface area contributed by atoms with E-state index in [0.29, 0.717) is 134 Å². The van der Waals surface area contributed by atoms with Crippen molar-refractivity contribution in [3.63, 3.8) is 0 Å². The molecule has 7 N–H and O–H groups in total. The minimum absolute atomic E-state index is 0.0654. The molecule has 24 heteroatoms. The van der Waals surface area contributed by atoms with Gasteiger partial charge in [-0.1, -0.05) is 6.42 Å². The van der Waals surface area contributed by atoms with Gasteiger partial charge in [-0.15, -0.1) is 0 Å². The van der Waals surface area contributed by atoms with Gasteiger partial charge in [-0.25, -0.2) is 4.79 Å². The average molecular weight is 941 g/mol. The fourth-order valence-corrected chi connectivity index (χ4v) is 11.1. The molecule has 8 amide bonds. The van der Waals surface area contributed by atoms with Gasteiger partial charge in [-0.3, -0.25) is 28.8 Å². The number of fused-ring (bicyclic) bond motifs is 1. The third-order valence-electron chi connectivity index (χ3n) is 13.5. The summed E-state index contributed by atoms with van der Waals surface area (Å²) in [4.78, 5) is 120. The first-order valence-corrected chi connectivity index (χ1v) is 24.6. The van der Waals surface area contributed by atoms with Crippen LogP contribution in [0.4, 0.5) is 22.6 Å². The third-order valence-corrected chi connectivity index (χ3v) is 15.0. The maximum atomic E-state index is 14.1. The van der Waals surface area contributed by atoms with Crippen LogP contribution in [0, 0.1) is 0 Å². The first kappa shape index (κ1) is 48.7. The van der Waals surface area contributed by atoms with Crippen LogP contribution in [0.15, 0.2) is 0 Å². The number of hydrogen-bond acceptors (Lipinski definition) is 16. The number of carbonyl (C=O) groups excluding carboxylic acids is 7. The highest BCUT2D eigenvalue weighted by atomic mass is 32.2. The van der Waals surface area contributed by atoms with Crippen molar-refractivity contribution < 1.29 is 33.6 Å². The number of aromatic nitrogens is 3. The van der Waals surface area contributed by atoms with E-state index in [1.165, 1.54) is 19.6 Å². The lowest BCUT2D eigenvalue weighted by atomic mass is 10.0. The van der Waals surface area contributed by atoms with E-state index in [-0.39, 0.29) is 79.7 Å². The first-order chi connectivity index (χ1) is 31.8. The topological polar surface area (TPSA) is 272 Å². The van der Waals surface area contributed by atoms with Crippen LogP contribution in [0.5, 0.6) is 0 Å². The maximum Gasteiger partial charge on any atom is 0.315 e. The molecule has 6 aliphatic rings. The Morgan fingerprint density at radius 1 is 0.652 bits per heavy atom. The summed E-state index contributed by atoms with van der Waals surface area (Å²) in [6, 6.07) is -1.28. The second-order valence-electron chi connectivity index (χ2n) is 18.1. The Morgan fingerprint density at radius 2 is 1.15 bits per heavy atom. The number of likely N-dealkylation sites (N-methyl/N-ethyl adjacent to an activating group) is 2. The summed E-state index contributed by atoms with van der Waals surface area (Å²) in [5, 5.41) is 9.84. The Kier molecular flexibility index (Phi) is 16.6. The van der Waals surface area contributed by atoms with E-state index in [4.69, 9.17) is 26.4 Å². The zero-order valence-corrected chi connectivity index (χ0v) is 39.2. The van der Waals surface area contributed by atoms with E-state index in [9.17, 15) is 33.6 Å². The van der Waals surface area contributed by atoms with Gasteiger partial charge in [0.15, 0.2) is 0 Å². The summed E-state index contributed by atoms with van der Waals surface area (Å²) in [5.74, 6) is 0.926. The summed E-state index contributed by atoms with van der Waals surface area (Å²) < 4.78 is 0. The van der Waals surface area contributed by atoms with Crippen LogP contribution in [0.2, 0.25) is 0 Å². The van der Waals surface area contributed by atoms with Gasteiger partial charge in [0.05, 0.1) is 25.2 Å². The summed E-state index contributed by atoms with van der Waals surface area (Å²) in [7, 11) is 3.18. The lowest BCUT2D eigenvalue weighted by Crippen LogP contribution is -2.61. The number of nitrogens with one attached hydrogen (secondary N) is 3. The summed E-state index contributed by atoms with van der Waals surface area (Å²) in [6.07, 6.45) is 6.30. The van der Waals surface area contributed by atoms with Gasteiger partial charge < -0.3 is 66.6 Å². The number of nitrogens with zero attached hydrogens (tertiary/aromatic N) is 11. The number of piperazine rings is 4.